The van der Waals surface area contributed by atoms with Crippen molar-refractivity contribution < 1.29 is 17.9 Å². The second-order valence-corrected chi connectivity index (χ2v) is 11.0. The number of unbranched alkanes of at least 4 members (excludes halogenated alkanes) is 1. The molecule has 0 aliphatic heterocycles. The number of rotatable bonds is 11. The van der Waals surface area contributed by atoms with E-state index in [0.717, 1.165) is 17.6 Å². The zero-order chi connectivity index (χ0) is 21.4. The monoisotopic (exact) mass is 408 g/mol. The fourth-order valence-corrected chi connectivity index (χ4v) is 4.19. The molecule has 0 bridgehead atoms. The van der Waals surface area contributed by atoms with Crippen LogP contribution in [0.4, 0.5) is 0 Å². The maximum absolute atomic E-state index is 12.6. The fraction of sp³-hybridized carbons (Fsp3) is 0.609. The number of sulfone groups is 1. The van der Waals surface area contributed by atoms with Crippen molar-refractivity contribution in [2.45, 2.75) is 78.8 Å². The number of carbonyl (C=O) groups excluding carboxylic acids is 1. The van der Waals surface area contributed by atoms with E-state index < -0.39 is 26.6 Å². The first kappa shape index (κ1) is 24.6. The largest absolute Gasteiger partial charge is 0.369 e. The van der Waals surface area contributed by atoms with Crippen molar-refractivity contribution in [2.24, 2.45) is 5.41 Å². The number of carbonyl (C=O) groups is 1. The van der Waals surface area contributed by atoms with Gasteiger partial charge in [0.1, 0.15) is 5.78 Å². The van der Waals surface area contributed by atoms with Gasteiger partial charge in [0, 0.05) is 11.8 Å². The van der Waals surface area contributed by atoms with E-state index in [4.69, 9.17) is 4.74 Å². The molecule has 0 radical (unpaired) electrons. The molecule has 0 saturated heterocycles. The highest BCUT2D eigenvalue weighted by Gasteiger charge is 2.27. The third-order valence-electron chi connectivity index (χ3n) is 4.86. The SMILES string of the molecule is CCCCS(=O)(=O)[C@H](C)/C=C(/C)[C@H](CC(=O)C(C)(C)C)OCc1ccccc1. The average molecular weight is 409 g/mol. The predicted molar refractivity (Wildman–Crippen MR) is 116 cm³/mol. The molecule has 1 aromatic rings. The van der Waals surface area contributed by atoms with Gasteiger partial charge in [-0.3, -0.25) is 4.79 Å². The molecule has 0 saturated carbocycles. The molecule has 0 unspecified atom stereocenters. The van der Waals surface area contributed by atoms with Crippen LogP contribution in [0.5, 0.6) is 0 Å². The molecule has 0 spiro atoms. The van der Waals surface area contributed by atoms with Crippen LogP contribution in [0.1, 0.15) is 66.4 Å². The summed E-state index contributed by atoms with van der Waals surface area (Å²) in [6.45, 7) is 11.6. The molecule has 0 heterocycles. The lowest BCUT2D eigenvalue weighted by Crippen LogP contribution is -2.28. The van der Waals surface area contributed by atoms with Crippen LogP contribution in [0.25, 0.3) is 0 Å². The van der Waals surface area contributed by atoms with Crippen LogP contribution in [0.3, 0.4) is 0 Å². The summed E-state index contributed by atoms with van der Waals surface area (Å²) < 4.78 is 31.0. The van der Waals surface area contributed by atoms with Crippen LogP contribution in [-0.4, -0.2) is 31.3 Å². The fourth-order valence-electron chi connectivity index (χ4n) is 2.71. The summed E-state index contributed by atoms with van der Waals surface area (Å²) in [6, 6.07) is 9.77. The van der Waals surface area contributed by atoms with Gasteiger partial charge < -0.3 is 4.74 Å². The number of hydrogen-bond donors (Lipinski definition) is 0. The Hall–Kier alpha value is -1.46. The Kier molecular flexibility index (Phi) is 9.58. The third-order valence-corrected chi connectivity index (χ3v) is 6.98. The van der Waals surface area contributed by atoms with E-state index in [9.17, 15) is 13.2 Å². The zero-order valence-electron chi connectivity index (χ0n) is 18.2. The zero-order valence-corrected chi connectivity index (χ0v) is 19.0. The second-order valence-electron chi connectivity index (χ2n) is 8.50. The third kappa shape index (κ3) is 8.27. The summed E-state index contributed by atoms with van der Waals surface area (Å²) >= 11 is 0. The number of Topliss-reactive ketones (excluding diaryl/α,β-unsaturated/α-hetero) is 1. The molecule has 1 aromatic carbocycles. The van der Waals surface area contributed by atoms with E-state index in [1.54, 1.807) is 13.0 Å². The lowest BCUT2D eigenvalue weighted by atomic mass is 9.86. The van der Waals surface area contributed by atoms with Gasteiger partial charge >= 0.3 is 0 Å². The average Bonchev–Trinajstić information content (AvgIpc) is 2.63. The molecular weight excluding hydrogens is 372 g/mol. The van der Waals surface area contributed by atoms with Gasteiger partial charge in [0.15, 0.2) is 9.84 Å². The lowest BCUT2D eigenvalue weighted by Gasteiger charge is -2.24. The van der Waals surface area contributed by atoms with Gasteiger partial charge in [-0.2, -0.15) is 0 Å². The topological polar surface area (TPSA) is 60.4 Å². The Morgan fingerprint density at radius 2 is 1.79 bits per heavy atom. The minimum atomic E-state index is -3.19. The molecule has 0 fully saturated rings. The maximum atomic E-state index is 12.6. The standard InChI is InChI=1S/C23H36O4S/c1-7-8-14-28(25,26)19(3)15-18(2)21(16-22(24)23(4,5)6)27-17-20-12-10-9-11-13-20/h9-13,15,19,21H,7-8,14,16-17H2,1-6H3/b18-15-/t19-,21+/m1/s1. The molecule has 5 heteroatoms. The van der Waals surface area contributed by atoms with Crippen LogP contribution in [-0.2, 0) is 26.0 Å². The number of ketones is 1. The Morgan fingerprint density at radius 1 is 1.18 bits per heavy atom. The molecule has 1 rings (SSSR count). The van der Waals surface area contributed by atoms with Crippen LogP contribution in [0, 0.1) is 5.41 Å². The first-order valence-corrected chi connectivity index (χ1v) is 11.8. The predicted octanol–water partition coefficient (Wildman–Crippen LogP) is 5.13. The summed E-state index contributed by atoms with van der Waals surface area (Å²) in [5.41, 5.74) is 1.35. The first-order chi connectivity index (χ1) is 13.0. The number of hydrogen-bond acceptors (Lipinski definition) is 4. The molecule has 4 nitrogen and oxygen atoms in total. The highest BCUT2D eigenvalue weighted by molar-refractivity contribution is 7.92. The maximum Gasteiger partial charge on any atom is 0.156 e. The summed E-state index contributed by atoms with van der Waals surface area (Å²) in [6.07, 6.45) is 3.06. The van der Waals surface area contributed by atoms with Gasteiger partial charge in [-0.15, -0.1) is 0 Å². The van der Waals surface area contributed by atoms with Gasteiger partial charge in [-0.1, -0.05) is 70.5 Å². The van der Waals surface area contributed by atoms with Gasteiger partial charge in [0.25, 0.3) is 0 Å². The Balaban J connectivity index is 2.99. The Bertz CT molecular complexity index is 743. The molecule has 0 aliphatic carbocycles. The van der Waals surface area contributed by atoms with Crippen molar-refractivity contribution in [2.75, 3.05) is 5.75 Å². The first-order valence-electron chi connectivity index (χ1n) is 10.1. The molecule has 2 atom stereocenters. The van der Waals surface area contributed by atoms with Crippen LogP contribution in [0.15, 0.2) is 42.0 Å². The van der Waals surface area contributed by atoms with Crippen molar-refractivity contribution in [3.05, 3.63) is 47.5 Å². The van der Waals surface area contributed by atoms with Crippen molar-refractivity contribution in [3.8, 4) is 0 Å². The molecule has 0 aliphatic rings. The van der Waals surface area contributed by atoms with E-state index in [-0.39, 0.29) is 18.0 Å². The smallest absolute Gasteiger partial charge is 0.156 e. The molecule has 0 N–H and O–H groups in total. The van der Waals surface area contributed by atoms with Gasteiger partial charge in [-0.25, -0.2) is 8.42 Å². The second kappa shape index (κ2) is 10.9. The molecular formula is C23H36O4S. The number of ether oxygens (including phenoxy) is 1. The van der Waals surface area contributed by atoms with E-state index in [2.05, 4.69) is 0 Å². The number of benzene rings is 1. The van der Waals surface area contributed by atoms with Gasteiger partial charge in [-0.05, 0) is 31.4 Å². The molecule has 0 amide bonds. The van der Waals surface area contributed by atoms with Crippen molar-refractivity contribution in [3.63, 3.8) is 0 Å². The van der Waals surface area contributed by atoms with E-state index >= 15 is 0 Å². The Labute approximate surface area is 171 Å². The van der Waals surface area contributed by atoms with Crippen LogP contribution < -0.4 is 0 Å². The van der Waals surface area contributed by atoms with E-state index in [1.165, 1.54) is 0 Å². The highest BCUT2D eigenvalue weighted by Crippen LogP contribution is 2.23. The van der Waals surface area contributed by atoms with Crippen molar-refractivity contribution >= 4 is 15.6 Å². The van der Waals surface area contributed by atoms with Gasteiger partial charge in [0.2, 0.25) is 0 Å². The van der Waals surface area contributed by atoms with Crippen LogP contribution >= 0.6 is 0 Å². The van der Waals surface area contributed by atoms with Crippen molar-refractivity contribution in [1.29, 1.82) is 0 Å². The van der Waals surface area contributed by atoms with E-state index in [1.807, 2.05) is 65.0 Å². The quantitative estimate of drug-likeness (QED) is 0.476. The summed E-state index contributed by atoms with van der Waals surface area (Å²) in [7, 11) is -3.19. The van der Waals surface area contributed by atoms with Gasteiger partial charge in [0.05, 0.1) is 23.7 Å². The minimum absolute atomic E-state index is 0.0970. The van der Waals surface area contributed by atoms with Crippen molar-refractivity contribution in [1.82, 2.24) is 0 Å². The normalized spacial score (nSPS) is 15.3. The molecule has 0 aromatic heterocycles. The molecule has 158 valence electrons. The minimum Gasteiger partial charge on any atom is -0.369 e. The summed E-state index contributed by atoms with van der Waals surface area (Å²) in [5.74, 6) is 0.282. The highest BCUT2D eigenvalue weighted by atomic mass is 32.2. The van der Waals surface area contributed by atoms with E-state index in [0.29, 0.717) is 13.0 Å². The summed E-state index contributed by atoms with van der Waals surface area (Å²) in [5, 5.41) is -0.591. The van der Waals surface area contributed by atoms with Crippen LogP contribution in [0.2, 0.25) is 0 Å². The Morgan fingerprint density at radius 3 is 2.32 bits per heavy atom. The lowest BCUT2D eigenvalue weighted by molar-refractivity contribution is -0.128. The summed E-state index contributed by atoms with van der Waals surface area (Å²) in [4.78, 5) is 12.6. The molecule has 28 heavy (non-hydrogen) atoms.